The molecular formula is C15H16ClNO. The summed E-state index contributed by atoms with van der Waals surface area (Å²) in [6.45, 7) is 0. The molecule has 2 aromatic rings. The maximum Gasteiger partial charge on any atom is 0.0959 e. The number of hydrogen-bond acceptors (Lipinski definition) is 2. The Morgan fingerprint density at radius 1 is 1.11 bits per heavy atom. The molecule has 0 aliphatic rings. The molecule has 2 rings (SSSR count). The van der Waals surface area contributed by atoms with E-state index in [2.05, 4.69) is 17.1 Å². The summed E-state index contributed by atoms with van der Waals surface area (Å²) in [5.74, 6) is 0. The third-order valence-electron chi connectivity index (χ3n) is 2.88. The van der Waals surface area contributed by atoms with Gasteiger partial charge in [-0.3, -0.25) is 4.98 Å². The standard InChI is InChI=1S/C15H16ClNO/c16-13-9-10-14(17-11-13)15(18)8-4-7-12-5-2-1-3-6-12/h1-3,5-6,9-11,15,18H,4,7-8H2. The lowest BCUT2D eigenvalue weighted by Gasteiger charge is -2.09. The molecule has 1 aromatic carbocycles. The van der Waals surface area contributed by atoms with Crippen LogP contribution in [-0.2, 0) is 6.42 Å². The van der Waals surface area contributed by atoms with Gasteiger partial charge >= 0.3 is 0 Å². The van der Waals surface area contributed by atoms with Crippen LogP contribution in [0.5, 0.6) is 0 Å². The van der Waals surface area contributed by atoms with Crippen molar-refractivity contribution in [3.63, 3.8) is 0 Å². The van der Waals surface area contributed by atoms with E-state index in [1.165, 1.54) is 5.56 Å². The van der Waals surface area contributed by atoms with Crippen molar-refractivity contribution in [2.24, 2.45) is 0 Å². The molecule has 0 spiro atoms. The Hall–Kier alpha value is -1.38. The highest BCUT2D eigenvalue weighted by Crippen LogP contribution is 2.19. The Kier molecular flexibility index (Phi) is 4.73. The number of hydrogen-bond donors (Lipinski definition) is 1. The molecule has 0 saturated carbocycles. The number of aliphatic hydroxyl groups is 1. The highest BCUT2D eigenvalue weighted by Gasteiger charge is 2.08. The van der Waals surface area contributed by atoms with Gasteiger partial charge in [0.05, 0.1) is 16.8 Å². The molecule has 2 nitrogen and oxygen atoms in total. The lowest BCUT2D eigenvalue weighted by atomic mass is 10.0. The Morgan fingerprint density at radius 3 is 2.56 bits per heavy atom. The van der Waals surface area contributed by atoms with Gasteiger partial charge in [-0.15, -0.1) is 0 Å². The minimum atomic E-state index is -0.508. The third kappa shape index (κ3) is 3.83. The molecular weight excluding hydrogens is 246 g/mol. The van der Waals surface area contributed by atoms with Gasteiger partial charge in [0.25, 0.3) is 0 Å². The quantitative estimate of drug-likeness (QED) is 0.888. The van der Waals surface area contributed by atoms with Crippen molar-refractivity contribution in [3.8, 4) is 0 Å². The number of aliphatic hydroxyl groups excluding tert-OH is 1. The van der Waals surface area contributed by atoms with Gasteiger partial charge in [-0.25, -0.2) is 0 Å². The summed E-state index contributed by atoms with van der Waals surface area (Å²) in [5.41, 5.74) is 1.99. The monoisotopic (exact) mass is 261 g/mol. The molecule has 0 radical (unpaired) electrons. The minimum absolute atomic E-state index is 0.508. The number of halogens is 1. The maximum atomic E-state index is 9.98. The number of rotatable bonds is 5. The summed E-state index contributed by atoms with van der Waals surface area (Å²) in [6, 6.07) is 13.8. The molecule has 1 atom stereocenters. The first-order chi connectivity index (χ1) is 8.75. The van der Waals surface area contributed by atoms with Crippen molar-refractivity contribution in [3.05, 3.63) is 64.9 Å². The fourth-order valence-corrected chi connectivity index (χ4v) is 1.99. The summed E-state index contributed by atoms with van der Waals surface area (Å²) in [6.07, 6.45) is 3.69. The largest absolute Gasteiger partial charge is 0.387 e. The number of aromatic nitrogens is 1. The Balaban J connectivity index is 1.81. The van der Waals surface area contributed by atoms with E-state index in [9.17, 15) is 5.11 Å². The fraction of sp³-hybridized carbons (Fsp3) is 0.267. The van der Waals surface area contributed by atoms with Crippen molar-refractivity contribution >= 4 is 11.6 Å². The van der Waals surface area contributed by atoms with Crippen molar-refractivity contribution in [2.45, 2.75) is 25.4 Å². The normalized spacial score (nSPS) is 12.3. The summed E-state index contributed by atoms with van der Waals surface area (Å²) in [7, 11) is 0. The number of pyridine rings is 1. The third-order valence-corrected chi connectivity index (χ3v) is 3.10. The first kappa shape index (κ1) is 13.1. The average Bonchev–Trinajstić information content (AvgIpc) is 2.40. The maximum absolute atomic E-state index is 9.98. The van der Waals surface area contributed by atoms with Crippen LogP contribution < -0.4 is 0 Å². The van der Waals surface area contributed by atoms with Crippen molar-refractivity contribution in [1.82, 2.24) is 4.98 Å². The smallest absolute Gasteiger partial charge is 0.0959 e. The van der Waals surface area contributed by atoms with E-state index in [1.54, 1.807) is 18.3 Å². The summed E-state index contributed by atoms with van der Waals surface area (Å²) < 4.78 is 0. The minimum Gasteiger partial charge on any atom is -0.387 e. The zero-order valence-corrected chi connectivity index (χ0v) is 10.8. The van der Waals surface area contributed by atoms with Gasteiger partial charge < -0.3 is 5.11 Å². The zero-order chi connectivity index (χ0) is 12.8. The van der Waals surface area contributed by atoms with E-state index < -0.39 is 6.10 Å². The number of benzene rings is 1. The highest BCUT2D eigenvalue weighted by atomic mass is 35.5. The molecule has 1 unspecified atom stereocenters. The van der Waals surface area contributed by atoms with E-state index in [0.717, 1.165) is 12.8 Å². The molecule has 18 heavy (non-hydrogen) atoms. The van der Waals surface area contributed by atoms with Crippen molar-refractivity contribution in [1.29, 1.82) is 0 Å². The first-order valence-corrected chi connectivity index (χ1v) is 6.47. The van der Waals surface area contributed by atoms with Gasteiger partial charge in [-0.1, -0.05) is 41.9 Å². The second kappa shape index (κ2) is 6.53. The molecule has 1 heterocycles. The molecule has 0 fully saturated rings. The van der Waals surface area contributed by atoms with Gasteiger partial charge in [-0.05, 0) is 37.0 Å². The lowest BCUT2D eigenvalue weighted by molar-refractivity contribution is 0.160. The lowest BCUT2D eigenvalue weighted by Crippen LogP contribution is -2.00. The topological polar surface area (TPSA) is 33.1 Å². The van der Waals surface area contributed by atoms with Crippen molar-refractivity contribution < 1.29 is 5.11 Å². The van der Waals surface area contributed by atoms with Crippen LogP contribution in [0.25, 0.3) is 0 Å². The Morgan fingerprint density at radius 2 is 1.89 bits per heavy atom. The van der Waals surface area contributed by atoms with Crippen LogP contribution in [0, 0.1) is 0 Å². The van der Waals surface area contributed by atoms with Gasteiger partial charge in [0, 0.05) is 6.20 Å². The highest BCUT2D eigenvalue weighted by molar-refractivity contribution is 6.30. The molecule has 94 valence electrons. The van der Waals surface area contributed by atoms with E-state index in [1.807, 2.05) is 18.2 Å². The fourth-order valence-electron chi connectivity index (χ4n) is 1.88. The molecule has 0 aliphatic carbocycles. The van der Waals surface area contributed by atoms with Crippen LogP contribution in [-0.4, -0.2) is 10.1 Å². The van der Waals surface area contributed by atoms with E-state index in [0.29, 0.717) is 17.1 Å². The van der Waals surface area contributed by atoms with E-state index >= 15 is 0 Å². The average molecular weight is 262 g/mol. The summed E-state index contributed by atoms with van der Waals surface area (Å²) >= 11 is 5.76. The van der Waals surface area contributed by atoms with Crippen LogP contribution in [0.3, 0.4) is 0 Å². The summed E-state index contributed by atoms with van der Waals surface area (Å²) in [5, 5.41) is 10.6. The Bertz CT molecular complexity index is 470. The molecule has 0 bridgehead atoms. The zero-order valence-electron chi connectivity index (χ0n) is 10.1. The molecule has 0 amide bonds. The van der Waals surface area contributed by atoms with E-state index in [4.69, 9.17) is 11.6 Å². The van der Waals surface area contributed by atoms with Crippen LogP contribution in [0.4, 0.5) is 0 Å². The molecule has 1 aromatic heterocycles. The van der Waals surface area contributed by atoms with Gasteiger partial charge in [0.1, 0.15) is 0 Å². The number of nitrogens with zero attached hydrogens (tertiary/aromatic N) is 1. The Labute approximate surface area is 112 Å². The van der Waals surface area contributed by atoms with Crippen LogP contribution in [0.1, 0.15) is 30.2 Å². The predicted molar refractivity (Wildman–Crippen MR) is 73.6 cm³/mol. The van der Waals surface area contributed by atoms with Gasteiger partial charge in [0.15, 0.2) is 0 Å². The SMILES string of the molecule is OC(CCCc1ccccc1)c1ccc(Cl)cn1. The van der Waals surface area contributed by atoms with Gasteiger partial charge in [0.2, 0.25) is 0 Å². The first-order valence-electron chi connectivity index (χ1n) is 6.09. The second-order valence-electron chi connectivity index (χ2n) is 4.29. The van der Waals surface area contributed by atoms with E-state index in [-0.39, 0.29) is 0 Å². The summed E-state index contributed by atoms with van der Waals surface area (Å²) in [4.78, 5) is 4.12. The molecule has 0 saturated heterocycles. The van der Waals surface area contributed by atoms with Gasteiger partial charge in [-0.2, -0.15) is 0 Å². The van der Waals surface area contributed by atoms with Crippen LogP contribution in [0.2, 0.25) is 5.02 Å². The van der Waals surface area contributed by atoms with Crippen LogP contribution >= 0.6 is 11.6 Å². The number of aryl methyl sites for hydroxylation is 1. The van der Waals surface area contributed by atoms with Crippen molar-refractivity contribution in [2.75, 3.05) is 0 Å². The molecule has 0 aliphatic heterocycles. The molecule has 1 N–H and O–H groups in total. The predicted octanol–water partition coefficient (Wildman–Crippen LogP) is 3.79. The molecule has 3 heteroatoms. The van der Waals surface area contributed by atoms with Crippen LogP contribution in [0.15, 0.2) is 48.7 Å². The second-order valence-corrected chi connectivity index (χ2v) is 4.73.